The molecule has 0 radical (unpaired) electrons. The van der Waals surface area contributed by atoms with E-state index in [1.165, 1.54) is 23.1 Å². The number of nitrogens with one attached hydrogen (secondary N) is 1. The van der Waals surface area contributed by atoms with Gasteiger partial charge in [0.25, 0.3) is 5.91 Å². The van der Waals surface area contributed by atoms with E-state index in [0.717, 1.165) is 56.0 Å². The van der Waals surface area contributed by atoms with Crippen LogP contribution in [0.1, 0.15) is 58.8 Å². The molecule has 1 aromatic heterocycles. The number of benzene rings is 2. The summed E-state index contributed by atoms with van der Waals surface area (Å²) in [5, 5.41) is 3.54. The number of carbonyl (C=O) groups is 3. The number of aromatic nitrogens is 1. The van der Waals surface area contributed by atoms with E-state index in [2.05, 4.69) is 52.5 Å². The van der Waals surface area contributed by atoms with Crippen LogP contribution in [0.25, 0.3) is 10.9 Å². The van der Waals surface area contributed by atoms with Crippen molar-refractivity contribution in [3.63, 3.8) is 0 Å². The maximum atomic E-state index is 13.0. The van der Waals surface area contributed by atoms with E-state index in [1.54, 1.807) is 11.0 Å². The van der Waals surface area contributed by atoms with Gasteiger partial charge in [-0.1, -0.05) is 12.1 Å². The van der Waals surface area contributed by atoms with Crippen molar-refractivity contribution in [2.75, 3.05) is 33.2 Å². The van der Waals surface area contributed by atoms with Crippen LogP contribution >= 0.6 is 0 Å². The number of piperidine rings is 1. The van der Waals surface area contributed by atoms with E-state index in [-0.39, 0.29) is 24.3 Å². The van der Waals surface area contributed by atoms with Crippen LogP contribution in [0.5, 0.6) is 5.75 Å². The number of rotatable bonds is 6. The lowest BCUT2D eigenvalue weighted by Gasteiger charge is -2.29. The summed E-state index contributed by atoms with van der Waals surface area (Å²) in [6.45, 7) is 5.23. The fourth-order valence-electron chi connectivity index (χ4n) is 6.80. The van der Waals surface area contributed by atoms with E-state index in [1.807, 2.05) is 12.1 Å². The van der Waals surface area contributed by atoms with E-state index in [0.29, 0.717) is 24.4 Å². The number of ether oxygens (including phenoxy) is 1. The molecule has 0 aliphatic carbocycles. The van der Waals surface area contributed by atoms with Gasteiger partial charge in [0, 0.05) is 61.7 Å². The zero-order chi connectivity index (χ0) is 28.1. The Bertz CT molecular complexity index is 1540. The predicted octanol–water partition coefficient (Wildman–Crippen LogP) is 3.07. The number of pyridine rings is 1. The Morgan fingerprint density at radius 3 is 2.71 bits per heavy atom. The molecule has 2 aromatic carbocycles. The molecule has 4 aliphatic rings. The van der Waals surface area contributed by atoms with Gasteiger partial charge < -0.3 is 14.5 Å². The van der Waals surface area contributed by atoms with E-state index < -0.39 is 11.9 Å². The minimum absolute atomic E-state index is 0.0746. The van der Waals surface area contributed by atoms with Crippen molar-refractivity contribution in [3.05, 3.63) is 70.9 Å². The normalized spacial score (nSPS) is 25.2. The lowest BCUT2D eigenvalue weighted by Crippen LogP contribution is -2.52. The molecule has 9 nitrogen and oxygen atoms in total. The second kappa shape index (κ2) is 10.5. The smallest absolute Gasteiger partial charge is 0.255 e. The molecule has 7 rings (SSSR count). The molecule has 3 amide bonds. The molecule has 3 atom stereocenters. The predicted molar refractivity (Wildman–Crippen MR) is 153 cm³/mol. The first-order chi connectivity index (χ1) is 19.9. The third kappa shape index (κ3) is 5.20. The maximum absolute atomic E-state index is 13.0. The quantitative estimate of drug-likeness (QED) is 0.469. The van der Waals surface area contributed by atoms with Crippen LogP contribution in [0.15, 0.2) is 48.5 Å². The fraction of sp³-hybridized carbons (Fsp3) is 0.438. The lowest BCUT2D eigenvalue weighted by molar-refractivity contribution is -0.136. The maximum Gasteiger partial charge on any atom is 0.255 e. The Morgan fingerprint density at radius 1 is 0.976 bits per heavy atom. The Kier molecular flexibility index (Phi) is 6.71. The minimum atomic E-state index is -0.609. The van der Waals surface area contributed by atoms with Crippen molar-refractivity contribution in [2.45, 2.75) is 56.8 Å². The molecular weight excluding hydrogens is 518 g/mol. The van der Waals surface area contributed by atoms with Gasteiger partial charge in [-0.3, -0.25) is 29.6 Å². The molecule has 3 saturated heterocycles. The number of nitrogens with zero attached hydrogens (tertiary/aromatic N) is 4. The van der Waals surface area contributed by atoms with Crippen molar-refractivity contribution in [1.82, 2.24) is 25.0 Å². The number of likely N-dealkylation sites (tertiary alicyclic amines) is 2. The van der Waals surface area contributed by atoms with Gasteiger partial charge in [-0.25, -0.2) is 0 Å². The highest BCUT2D eigenvalue weighted by Gasteiger charge is 2.39. The van der Waals surface area contributed by atoms with E-state index in [9.17, 15) is 14.4 Å². The number of hydrogen-bond acceptors (Lipinski definition) is 7. The number of amides is 3. The van der Waals surface area contributed by atoms with Crippen LogP contribution in [-0.2, 0) is 22.7 Å². The highest BCUT2D eigenvalue weighted by molar-refractivity contribution is 6.05. The molecule has 5 heterocycles. The number of carbonyl (C=O) groups excluding carboxylic acids is 3. The monoisotopic (exact) mass is 553 g/mol. The third-order valence-corrected chi connectivity index (χ3v) is 9.02. The van der Waals surface area contributed by atoms with Crippen LogP contribution < -0.4 is 10.1 Å². The fourth-order valence-corrected chi connectivity index (χ4v) is 6.80. The van der Waals surface area contributed by atoms with Crippen molar-refractivity contribution in [2.24, 2.45) is 0 Å². The Balaban J connectivity index is 0.960. The summed E-state index contributed by atoms with van der Waals surface area (Å²) in [4.78, 5) is 48.2. The zero-order valence-corrected chi connectivity index (χ0v) is 23.3. The summed E-state index contributed by atoms with van der Waals surface area (Å²) in [5.74, 6) is 0.432. The number of likely N-dealkylation sites (N-methyl/N-ethyl adjacent to an activating group) is 1. The highest BCUT2D eigenvalue weighted by atomic mass is 16.5. The first-order valence-electron chi connectivity index (χ1n) is 14.6. The van der Waals surface area contributed by atoms with Crippen molar-refractivity contribution in [3.8, 4) is 5.75 Å². The average Bonchev–Trinajstić information content (AvgIpc) is 3.67. The van der Waals surface area contributed by atoms with Crippen LogP contribution in [-0.4, -0.2) is 82.8 Å². The second-order valence-corrected chi connectivity index (χ2v) is 12.0. The van der Waals surface area contributed by atoms with Crippen LogP contribution in [0.4, 0.5) is 0 Å². The number of hydrogen-bond donors (Lipinski definition) is 1. The molecule has 1 N–H and O–H groups in total. The number of fused-ring (bicyclic) bond motifs is 2. The van der Waals surface area contributed by atoms with Gasteiger partial charge in [0.1, 0.15) is 17.9 Å². The topological polar surface area (TPSA) is 95.1 Å². The minimum Gasteiger partial charge on any atom is -0.489 e. The van der Waals surface area contributed by atoms with Gasteiger partial charge in [0.15, 0.2) is 0 Å². The summed E-state index contributed by atoms with van der Waals surface area (Å²) in [5.41, 5.74) is 5.00. The molecule has 0 spiro atoms. The van der Waals surface area contributed by atoms with Gasteiger partial charge in [0.05, 0.1) is 5.52 Å². The summed E-state index contributed by atoms with van der Waals surface area (Å²) >= 11 is 0. The SMILES string of the molecule is CN1CC[C@H](c2ccc3cc(CN4CC[C@H](Oc5ccc6c(c5)CN(C5CCC(=O)NC5=O)C6=O)C4)ccc3n2)C1. The van der Waals surface area contributed by atoms with E-state index in [4.69, 9.17) is 9.72 Å². The summed E-state index contributed by atoms with van der Waals surface area (Å²) in [6, 6.07) is 16.0. The van der Waals surface area contributed by atoms with Crippen LogP contribution in [0.3, 0.4) is 0 Å². The van der Waals surface area contributed by atoms with Gasteiger partial charge in [-0.15, -0.1) is 0 Å². The molecule has 3 fully saturated rings. The molecular formula is C32H35N5O4. The Labute approximate surface area is 239 Å². The first-order valence-corrected chi connectivity index (χ1v) is 14.6. The highest BCUT2D eigenvalue weighted by Crippen LogP contribution is 2.32. The van der Waals surface area contributed by atoms with E-state index >= 15 is 0 Å². The molecule has 4 aliphatic heterocycles. The molecule has 0 bridgehead atoms. The number of imide groups is 1. The standard InChI is InChI=1S/C32H35N5O4/c1-35-12-10-22(17-35)28-7-3-21-14-20(2-6-27(21)33-28)16-36-13-11-25(19-36)41-24-4-5-26-23(15-24)18-37(32(26)40)29-8-9-30(38)34-31(29)39/h2-7,14-15,22,25,29H,8-13,16-19H2,1H3,(H,34,38,39)/t22-,25-,29?/m0/s1. The molecule has 3 aromatic rings. The second-order valence-electron chi connectivity index (χ2n) is 12.0. The molecule has 1 unspecified atom stereocenters. The lowest BCUT2D eigenvalue weighted by atomic mass is 10.0. The average molecular weight is 554 g/mol. The van der Waals surface area contributed by atoms with Gasteiger partial charge >= 0.3 is 0 Å². The summed E-state index contributed by atoms with van der Waals surface area (Å²) in [6.07, 6.45) is 2.80. The molecule has 41 heavy (non-hydrogen) atoms. The van der Waals surface area contributed by atoms with Crippen molar-refractivity contribution in [1.29, 1.82) is 0 Å². The van der Waals surface area contributed by atoms with Gasteiger partial charge in [-0.05, 0) is 80.4 Å². The van der Waals surface area contributed by atoms with Crippen LogP contribution in [0.2, 0.25) is 0 Å². The molecule has 0 saturated carbocycles. The third-order valence-electron chi connectivity index (χ3n) is 9.02. The zero-order valence-electron chi connectivity index (χ0n) is 23.3. The first kappa shape index (κ1) is 26.1. The molecule has 212 valence electrons. The van der Waals surface area contributed by atoms with Crippen LogP contribution in [0, 0.1) is 0 Å². The van der Waals surface area contributed by atoms with Gasteiger partial charge in [0.2, 0.25) is 11.8 Å². The summed E-state index contributed by atoms with van der Waals surface area (Å²) in [7, 11) is 2.17. The Hall–Kier alpha value is -3.82. The molecule has 9 heteroatoms. The largest absolute Gasteiger partial charge is 0.489 e. The Morgan fingerprint density at radius 2 is 1.88 bits per heavy atom. The van der Waals surface area contributed by atoms with Gasteiger partial charge in [-0.2, -0.15) is 0 Å². The van der Waals surface area contributed by atoms with Crippen molar-refractivity contribution >= 4 is 28.6 Å². The summed E-state index contributed by atoms with van der Waals surface area (Å²) < 4.78 is 6.35. The van der Waals surface area contributed by atoms with Crippen molar-refractivity contribution < 1.29 is 19.1 Å².